The zero-order chi connectivity index (χ0) is 9.84. The third-order valence-corrected chi connectivity index (χ3v) is 1.24. The molecule has 3 N–H and O–H groups in total. The predicted octanol–water partition coefficient (Wildman–Crippen LogP) is -1.66. The molecule has 0 saturated carbocycles. The van der Waals surface area contributed by atoms with Gasteiger partial charge >= 0.3 is 6.09 Å². The first-order chi connectivity index (χ1) is 6.13. The van der Waals surface area contributed by atoms with E-state index in [2.05, 4.69) is 20.1 Å². The van der Waals surface area contributed by atoms with Crippen LogP contribution in [0.15, 0.2) is 0 Å². The summed E-state index contributed by atoms with van der Waals surface area (Å²) < 4.78 is 4.51. The normalized spacial score (nSPS) is 12.5. The molecule has 0 unspecified atom stereocenters. The Morgan fingerprint density at radius 1 is 1.85 bits per heavy atom. The van der Waals surface area contributed by atoms with Crippen LogP contribution in [0, 0.1) is 0 Å². The van der Waals surface area contributed by atoms with Crippen molar-refractivity contribution in [3.05, 3.63) is 5.82 Å². The Morgan fingerprint density at radius 2 is 2.54 bits per heavy atom. The second kappa shape index (κ2) is 3.81. The van der Waals surface area contributed by atoms with E-state index in [9.17, 15) is 4.79 Å². The van der Waals surface area contributed by atoms with Crippen molar-refractivity contribution in [3.63, 3.8) is 0 Å². The molecule has 13 heavy (non-hydrogen) atoms. The van der Waals surface area contributed by atoms with Crippen LogP contribution in [-0.4, -0.2) is 38.0 Å². The van der Waals surface area contributed by atoms with Gasteiger partial charge in [0.1, 0.15) is 0 Å². The Hall–Kier alpha value is -1.70. The van der Waals surface area contributed by atoms with Gasteiger partial charge in [-0.2, -0.15) is 4.80 Å². The molecule has 0 aliphatic rings. The fourth-order valence-electron chi connectivity index (χ4n) is 0.739. The number of aryl methyl sites for hydroxylation is 1. The highest BCUT2D eigenvalue weighted by molar-refractivity contribution is 5.64. The summed E-state index contributed by atoms with van der Waals surface area (Å²) in [6, 6.07) is 0. The molecular weight excluding hydrogens is 178 g/mol. The molecular formula is C5H9N5O3. The predicted molar refractivity (Wildman–Crippen MR) is 39.3 cm³/mol. The number of carbonyl (C=O) groups excluding carboxylic acids is 1. The van der Waals surface area contributed by atoms with Crippen LogP contribution in [0.5, 0.6) is 0 Å². The van der Waals surface area contributed by atoms with E-state index in [1.165, 1.54) is 4.80 Å². The van der Waals surface area contributed by atoms with Gasteiger partial charge in [-0.05, 0) is 5.21 Å². The smallest absolute Gasteiger partial charge is 0.405 e. The highest BCUT2D eigenvalue weighted by Crippen LogP contribution is 2.09. The molecule has 0 bridgehead atoms. The highest BCUT2D eigenvalue weighted by atomic mass is 16.6. The number of hydrogen-bond acceptors (Lipinski definition) is 6. The molecule has 1 rings (SSSR count). The van der Waals surface area contributed by atoms with Gasteiger partial charge in [-0.3, -0.25) is 0 Å². The standard InChI is InChI=1S/C5H9N5O3/c1-10-8-4(7-9-10)3(2-11)13-5(6)12/h3,11H,2H2,1H3,(H2,6,12)/t3-/m0/s1. The number of amides is 1. The van der Waals surface area contributed by atoms with Crippen molar-refractivity contribution in [2.24, 2.45) is 12.8 Å². The van der Waals surface area contributed by atoms with Gasteiger partial charge in [0, 0.05) is 0 Å². The quantitative estimate of drug-likeness (QED) is 0.584. The maximum absolute atomic E-state index is 10.4. The van der Waals surface area contributed by atoms with Crippen LogP contribution in [0.25, 0.3) is 0 Å². The molecule has 0 saturated heterocycles. The summed E-state index contributed by atoms with van der Waals surface area (Å²) in [4.78, 5) is 11.5. The molecule has 0 aromatic carbocycles. The Morgan fingerprint density at radius 3 is 2.92 bits per heavy atom. The summed E-state index contributed by atoms with van der Waals surface area (Å²) in [6.07, 6.45) is -1.95. The number of hydrogen-bond donors (Lipinski definition) is 2. The Bertz CT molecular complexity index is 298. The summed E-state index contributed by atoms with van der Waals surface area (Å²) in [5.74, 6) is 0.115. The largest absolute Gasteiger partial charge is 0.435 e. The van der Waals surface area contributed by atoms with Crippen LogP contribution in [0.2, 0.25) is 0 Å². The highest BCUT2D eigenvalue weighted by Gasteiger charge is 2.18. The molecule has 0 spiro atoms. The average Bonchev–Trinajstić information content (AvgIpc) is 2.47. The molecule has 1 heterocycles. The lowest BCUT2D eigenvalue weighted by Gasteiger charge is -2.08. The van der Waals surface area contributed by atoms with Crippen LogP contribution in [0.1, 0.15) is 11.9 Å². The first kappa shape index (κ1) is 9.39. The Balaban J connectivity index is 2.72. The van der Waals surface area contributed by atoms with Gasteiger partial charge in [0.25, 0.3) is 0 Å². The molecule has 72 valence electrons. The Kier molecular flexibility index (Phi) is 2.75. The average molecular weight is 187 g/mol. The number of carbonyl (C=O) groups is 1. The second-order valence-corrected chi connectivity index (χ2v) is 2.25. The van der Waals surface area contributed by atoms with E-state index in [0.717, 1.165) is 0 Å². The lowest BCUT2D eigenvalue weighted by Crippen LogP contribution is -2.20. The summed E-state index contributed by atoms with van der Waals surface area (Å²) in [7, 11) is 1.55. The minimum atomic E-state index is -0.994. The van der Waals surface area contributed by atoms with E-state index >= 15 is 0 Å². The van der Waals surface area contributed by atoms with Crippen LogP contribution in [-0.2, 0) is 11.8 Å². The minimum Gasteiger partial charge on any atom is -0.435 e. The van der Waals surface area contributed by atoms with E-state index in [-0.39, 0.29) is 5.82 Å². The van der Waals surface area contributed by atoms with Crippen LogP contribution in [0.4, 0.5) is 4.79 Å². The number of nitrogens with zero attached hydrogens (tertiary/aromatic N) is 4. The van der Waals surface area contributed by atoms with Crippen molar-refractivity contribution >= 4 is 6.09 Å². The number of aliphatic hydroxyl groups is 1. The first-order valence-electron chi connectivity index (χ1n) is 3.44. The van der Waals surface area contributed by atoms with E-state index < -0.39 is 18.8 Å². The number of rotatable bonds is 3. The van der Waals surface area contributed by atoms with Gasteiger partial charge < -0.3 is 15.6 Å². The fourth-order valence-corrected chi connectivity index (χ4v) is 0.739. The molecule has 1 amide bonds. The molecule has 0 aliphatic carbocycles. The number of ether oxygens (including phenoxy) is 1. The summed E-state index contributed by atoms with van der Waals surface area (Å²) in [6.45, 7) is -0.436. The Labute approximate surface area is 73.3 Å². The van der Waals surface area contributed by atoms with Gasteiger partial charge in [0.05, 0.1) is 13.7 Å². The second-order valence-electron chi connectivity index (χ2n) is 2.25. The van der Waals surface area contributed by atoms with Crippen LogP contribution < -0.4 is 5.73 Å². The van der Waals surface area contributed by atoms with Gasteiger partial charge in [-0.15, -0.1) is 10.2 Å². The van der Waals surface area contributed by atoms with E-state index in [4.69, 9.17) is 10.8 Å². The molecule has 0 fully saturated rings. The van der Waals surface area contributed by atoms with E-state index in [1.54, 1.807) is 7.05 Å². The lowest BCUT2D eigenvalue weighted by molar-refractivity contribution is 0.0579. The molecule has 1 aromatic heterocycles. The van der Waals surface area contributed by atoms with Gasteiger partial charge in [-0.25, -0.2) is 4.79 Å². The number of nitrogens with two attached hydrogens (primary N) is 1. The number of tetrazole rings is 1. The maximum atomic E-state index is 10.4. The van der Waals surface area contributed by atoms with Crippen molar-refractivity contribution < 1.29 is 14.6 Å². The van der Waals surface area contributed by atoms with Crippen molar-refractivity contribution in [2.45, 2.75) is 6.10 Å². The van der Waals surface area contributed by atoms with E-state index in [0.29, 0.717) is 0 Å². The summed E-state index contributed by atoms with van der Waals surface area (Å²) in [5, 5.41) is 19.6. The van der Waals surface area contributed by atoms with Crippen LogP contribution in [0.3, 0.4) is 0 Å². The SMILES string of the molecule is Cn1nnc([C@H](CO)OC(N)=O)n1. The molecule has 1 atom stereocenters. The lowest BCUT2D eigenvalue weighted by atomic mass is 10.4. The topological polar surface area (TPSA) is 116 Å². The monoisotopic (exact) mass is 187 g/mol. The van der Waals surface area contributed by atoms with Gasteiger partial charge in [0.2, 0.25) is 5.82 Å². The fraction of sp³-hybridized carbons (Fsp3) is 0.600. The van der Waals surface area contributed by atoms with Crippen LogP contribution >= 0.6 is 0 Å². The number of aromatic nitrogens is 4. The van der Waals surface area contributed by atoms with Gasteiger partial charge in [0.15, 0.2) is 6.10 Å². The third kappa shape index (κ3) is 2.37. The number of primary amides is 1. The van der Waals surface area contributed by atoms with Gasteiger partial charge in [-0.1, -0.05) is 0 Å². The third-order valence-electron chi connectivity index (χ3n) is 1.24. The van der Waals surface area contributed by atoms with Crippen molar-refractivity contribution in [1.29, 1.82) is 0 Å². The summed E-state index contributed by atoms with van der Waals surface area (Å²) in [5.41, 5.74) is 4.76. The zero-order valence-corrected chi connectivity index (χ0v) is 6.91. The minimum absolute atomic E-state index is 0.115. The molecule has 8 nitrogen and oxygen atoms in total. The first-order valence-corrected chi connectivity index (χ1v) is 3.44. The zero-order valence-electron chi connectivity index (χ0n) is 6.91. The molecule has 8 heteroatoms. The van der Waals surface area contributed by atoms with Crippen molar-refractivity contribution in [2.75, 3.05) is 6.61 Å². The molecule has 0 radical (unpaired) electrons. The number of aliphatic hydroxyl groups excluding tert-OH is 1. The molecule has 0 aliphatic heterocycles. The molecule has 1 aromatic rings. The van der Waals surface area contributed by atoms with Crippen molar-refractivity contribution in [1.82, 2.24) is 20.2 Å². The van der Waals surface area contributed by atoms with E-state index in [1.807, 2.05) is 0 Å². The summed E-state index contributed by atoms with van der Waals surface area (Å²) >= 11 is 0. The van der Waals surface area contributed by atoms with Crippen molar-refractivity contribution in [3.8, 4) is 0 Å². The maximum Gasteiger partial charge on any atom is 0.405 e.